The molecule has 0 saturated heterocycles. The predicted octanol–water partition coefficient (Wildman–Crippen LogP) is 2.53. The molecule has 1 amide bonds. The number of halogens is 3. The van der Waals surface area contributed by atoms with E-state index in [1.165, 1.54) is 18.2 Å². The molecular weight excluding hydrogens is 311 g/mol. The Kier molecular flexibility index (Phi) is 5.00. The summed E-state index contributed by atoms with van der Waals surface area (Å²) in [5, 5.41) is 11.2. The molecule has 2 N–H and O–H groups in total. The summed E-state index contributed by atoms with van der Waals surface area (Å²) in [5.74, 6) is -5.56. The van der Waals surface area contributed by atoms with Crippen LogP contribution in [0, 0.1) is 17.5 Å². The maximum atomic E-state index is 13.6. The number of aliphatic carboxylic acids is 1. The van der Waals surface area contributed by atoms with E-state index in [1.807, 2.05) is 0 Å². The number of carboxylic acid groups (broad SMARTS) is 1. The first-order valence-corrected chi connectivity index (χ1v) is 6.60. The van der Waals surface area contributed by atoms with Gasteiger partial charge in [0.1, 0.15) is 11.9 Å². The minimum atomic E-state index is -1.41. The highest BCUT2D eigenvalue weighted by atomic mass is 19.2. The molecule has 7 heteroatoms. The SMILES string of the molecule is O=C(N[C@H](Cc1cccc(F)c1)C(=O)O)c1cccc(F)c1F. The lowest BCUT2D eigenvalue weighted by Crippen LogP contribution is -2.42. The van der Waals surface area contributed by atoms with Gasteiger partial charge in [-0.05, 0) is 29.8 Å². The molecule has 0 aliphatic heterocycles. The van der Waals surface area contributed by atoms with E-state index < -0.39 is 40.9 Å². The van der Waals surface area contributed by atoms with Gasteiger partial charge in [-0.2, -0.15) is 0 Å². The molecule has 0 saturated carbocycles. The van der Waals surface area contributed by atoms with Gasteiger partial charge in [0.2, 0.25) is 0 Å². The molecule has 120 valence electrons. The van der Waals surface area contributed by atoms with Crippen LogP contribution in [0.5, 0.6) is 0 Å². The van der Waals surface area contributed by atoms with Crippen LogP contribution in [-0.2, 0) is 11.2 Å². The van der Waals surface area contributed by atoms with E-state index in [4.69, 9.17) is 5.11 Å². The van der Waals surface area contributed by atoms with Crippen LogP contribution in [0.25, 0.3) is 0 Å². The Hall–Kier alpha value is -2.83. The Balaban J connectivity index is 2.18. The second kappa shape index (κ2) is 6.95. The van der Waals surface area contributed by atoms with Crippen molar-refractivity contribution in [3.05, 3.63) is 71.0 Å². The zero-order chi connectivity index (χ0) is 17.0. The first-order chi connectivity index (χ1) is 10.9. The van der Waals surface area contributed by atoms with Gasteiger partial charge in [-0.25, -0.2) is 18.0 Å². The van der Waals surface area contributed by atoms with Crippen molar-refractivity contribution < 1.29 is 27.9 Å². The third-order valence-corrected chi connectivity index (χ3v) is 3.13. The molecule has 2 aromatic carbocycles. The lowest BCUT2D eigenvalue weighted by Gasteiger charge is -2.15. The van der Waals surface area contributed by atoms with E-state index in [-0.39, 0.29) is 6.42 Å². The molecule has 0 aliphatic carbocycles. The van der Waals surface area contributed by atoms with Crippen molar-refractivity contribution in [2.45, 2.75) is 12.5 Å². The van der Waals surface area contributed by atoms with E-state index in [0.717, 1.165) is 24.3 Å². The third kappa shape index (κ3) is 4.09. The molecule has 2 aromatic rings. The van der Waals surface area contributed by atoms with Gasteiger partial charge in [0.05, 0.1) is 5.56 Å². The fourth-order valence-corrected chi connectivity index (χ4v) is 2.01. The lowest BCUT2D eigenvalue weighted by atomic mass is 10.1. The molecule has 1 atom stereocenters. The van der Waals surface area contributed by atoms with E-state index in [1.54, 1.807) is 0 Å². The van der Waals surface area contributed by atoms with E-state index in [9.17, 15) is 22.8 Å². The summed E-state index contributed by atoms with van der Waals surface area (Å²) in [6, 6.07) is 6.82. The van der Waals surface area contributed by atoms with Crippen LogP contribution in [0.1, 0.15) is 15.9 Å². The van der Waals surface area contributed by atoms with Crippen LogP contribution in [0.4, 0.5) is 13.2 Å². The van der Waals surface area contributed by atoms with E-state index >= 15 is 0 Å². The van der Waals surface area contributed by atoms with Crippen LogP contribution < -0.4 is 5.32 Å². The van der Waals surface area contributed by atoms with Gasteiger partial charge in [0.25, 0.3) is 5.91 Å². The van der Waals surface area contributed by atoms with Crippen molar-refractivity contribution in [2.75, 3.05) is 0 Å². The number of nitrogens with one attached hydrogen (secondary N) is 1. The molecule has 0 unspecified atom stereocenters. The van der Waals surface area contributed by atoms with E-state index in [2.05, 4.69) is 5.32 Å². The highest BCUT2D eigenvalue weighted by molar-refractivity contribution is 5.96. The summed E-state index contributed by atoms with van der Waals surface area (Å²) in [6.07, 6.45) is -0.199. The molecule has 0 aromatic heterocycles. The Morgan fingerprint density at radius 3 is 2.43 bits per heavy atom. The molecule has 0 spiro atoms. The maximum absolute atomic E-state index is 13.6. The quantitative estimate of drug-likeness (QED) is 0.888. The van der Waals surface area contributed by atoms with Crippen molar-refractivity contribution in [1.82, 2.24) is 5.32 Å². The normalized spacial score (nSPS) is 11.8. The van der Waals surface area contributed by atoms with Crippen molar-refractivity contribution in [3.63, 3.8) is 0 Å². The number of carbonyl (C=O) groups excluding carboxylic acids is 1. The third-order valence-electron chi connectivity index (χ3n) is 3.13. The largest absolute Gasteiger partial charge is 0.480 e. The zero-order valence-electron chi connectivity index (χ0n) is 11.7. The van der Waals surface area contributed by atoms with Crippen molar-refractivity contribution in [1.29, 1.82) is 0 Å². The average molecular weight is 323 g/mol. The zero-order valence-corrected chi connectivity index (χ0v) is 11.7. The minimum Gasteiger partial charge on any atom is -0.480 e. The number of carbonyl (C=O) groups is 2. The van der Waals surface area contributed by atoms with Gasteiger partial charge in [-0.15, -0.1) is 0 Å². The Bertz CT molecular complexity index is 749. The summed E-state index contributed by atoms with van der Waals surface area (Å²) >= 11 is 0. The molecule has 2 rings (SSSR count). The highest BCUT2D eigenvalue weighted by Crippen LogP contribution is 2.12. The maximum Gasteiger partial charge on any atom is 0.326 e. The Morgan fingerprint density at radius 1 is 1.09 bits per heavy atom. The number of amides is 1. The number of hydrogen-bond acceptors (Lipinski definition) is 2. The second-order valence-electron chi connectivity index (χ2n) is 4.80. The van der Waals surface area contributed by atoms with Gasteiger partial charge in [-0.1, -0.05) is 18.2 Å². The summed E-state index contributed by atoms with van der Waals surface area (Å²) in [5.41, 5.74) is -0.257. The average Bonchev–Trinajstić information content (AvgIpc) is 2.49. The molecular formula is C16H12F3NO3. The summed E-state index contributed by atoms with van der Waals surface area (Å²) in [6.45, 7) is 0. The van der Waals surface area contributed by atoms with Crippen LogP contribution in [0.15, 0.2) is 42.5 Å². The summed E-state index contributed by atoms with van der Waals surface area (Å²) < 4.78 is 39.8. The number of benzene rings is 2. The highest BCUT2D eigenvalue weighted by Gasteiger charge is 2.23. The molecule has 0 bridgehead atoms. The lowest BCUT2D eigenvalue weighted by molar-refractivity contribution is -0.139. The van der Waals surface area contributed by atoms with Crippen molar-refractivity contribution in [2.24, 2.45) is 0 Å². The van der Waals surface area contributed by atoms with Crippen LogP contribution in [-0.4, -0.2) is 23.0 Å². The van der Waals surface area contributed by atoms with Crippen LogP contribution in [0.3, 0.4) is 0 Å². The Labute approximate surface area is 129 Å². The standard InChI is InChI=1S/C16H12F3NO3/c17-10-4-1-3-9(7-10)8-13(16(22)23)20-15(21)11-5-2-6-12(18)14(11)19/h1-7,13H,8H2,(H,20,21)(H,22,23)/t13-/m1/s1. The van der Waals surface area contributed by atoms with Gasteiger partial charge >= 0.3 is 5.97 Å². The van der Waals surface area contributed by atoms with Crippen molar-refractivity contribution >= 4 is 11.9 Å². The van der Waals surface area contributed by atoms with Crippen LogP contribution in [0.2, 0.25) is 0 Å². The first kappa shape index (κ1) is 16.5. The summed E-state index contributed by atoms with van der Waals surface area (Å²) in [4.78, 5) is 23.2. The summed E-state index contributed by atoms with van der Waals surface area (Å²) in [7, 11) is 0. The fourth-order valence-electron chi connectivity index (χ4n) is 2.01. The number of hydrogen-bond donors (Lipinski definition) is 2. The smallest absolute Gasteiger partial charge is 0.326 e. The molecule has 23 heavy (non-hydrogen) atoms. The fraction of sp³-hybridized carbons (Fsp3) is 0.125. The minimum absolute atomic E-state index is 0.199. The second-order valence-corrected chi connectivity index (χ2v) is 4.80. The van der Waals surface area contributed by atoms with Crippen LogP contribution >= 0.6 is 0 Å². The first-order valence-electron chi connectivity index (χ1n) is 6.60. The molecule has 0 radical (unpaired) electrons. The van der Waals surface area contributed by atoms with Gasteiger partial charge in [0.15, 0.2) is 11.6 Å². The topological polar surface area (TPSA) is 66.4 Å². The Morgan fingerprint density at radius 2 is 1.78 bits per heavy atom. The van der Waals surface area contributed by atoms with E-state index in [0.29, 0.717) is 5.56 Å². The predicted molar refractivity (Wildman–Crippen MR) is 75.4 cm³/mol. The van der Waals surface area contributed by atoms with Gasteiger partial charge in [0, 0.05) is 6.42 Å². The van der Waals surface area contributed by atoms with Gasteiger partial charge < -0.3 is 10.4 Å². The molecule has 0 fully saturated rings. The van der Waals surface area contributed by atoms with Gasteiger partial charge in [-0.3, -0.25) is 4.79 Å². The number of carboxylic acids is 1. The monoisotopic (exact) mass is 323 g/mol. The molecule has 4 nitrogen and oxygen atoms in total. The number of rotatable bonds is 5. The molecule has 0 aliphatic rings. The molecule has 0 heterocycles. The van der Waals surface area contributed by atoms with Crippen molar-refractivity contribution in [3.8, 4) is 0 Å².